The number of thioether (sulfide) groups is 1. The van der Waals surface area contributed by atoms with E-state index in [1.165, 1.54) is 0 Å². The molecule has 1 aliphatic rings. The van der Waals surface area contributed by atoms with Crippen molar-refractivity contribution < 1.29 is 19.4 Å². The highest BCUT2D eigenvalue weighted by Gasteiger charge is 2.49. The smallest absolute Gasteiger partial charge is 0.304 e. The first-order chi connectivity index (χ1) is 9.91. The first kappa shape index (κ1) is 16.0. The fourth-order valence-corrected chi connectivity index (χ4v) is 3.60. The van der Waals surface area contributed by atoms with Gasteiger partial charge in [-0.3, -0.25) is 4.79 Å². The number of carbonyl (C=O) groups is 1. The lowest BCUT2D eigenvalue weighted by molar-refractivity contribution is -0.137. The molecule has 0 spiro atoms. The van der Waals surface area contributed by atoms with E-state index in [0.717, 1.165) is 34.8 Å². The van der Waals surface area contributed by atoms with E-state index in [1.54, 1.807) is 26.0 Å². The van der Waals surface area contributed by atoms with Gasteiger partial charge in [-0.05, 0) is 25.0 Å². The van der Waals surface area contributed by atoms with Crippen molar-refractivity contribution in [3.8, 4) is 11.5 Å². The Morgan fingerprint density at radius 3 is 2.14 bits per heavy atom. The van der Waals surface area contributed by atoms with Crippen LogP contribution in [0.3, 0.4) is 0 Å². The standard InChI is InChI=1S/C16H22O4S/c1-10(2)21-11-7-12(19-3)15(13(8-11)20-4)16(5-6-16)9-14(17)18/h7-8,10H,5-6,9H2,1-4H3,(H,17,18). The molecule has 0 saturated heterocycles. The predicted octanol–water partition coefficient (Wildman–Crippen LogP) is 3.71. The van der Waals surface area contributed by atoms with Crippen LogP contribution >= 0.6 is 11.8 Å². The van der Waals surface area contributed by atoms with E-state index in [9.17, 15) is 4.79 Å². The second-order valence-electron chi connectivity index (χ2n) is 5.72. The van der Waals surface area contributed by atoms with Crippen LogP contribution in [-0.4, -0.2) is 30.5 Å². The Hall–Kier alpha value is -1.36. The van der Waals surface area contributed by atoms with Crippen LogP contribution in [-0.2, 0) is 10.2 Å². The third-order valence-electron chi connectivity index (χ3n) is 3.72. The van der Waals surface area contributed by atoms with Crippen molar-refractivity contribution in [2.24, 2.45) is 0 Å². The number of benzene rings is 1. The van der Waals surface area contributed by atoms with Crippen LogP contribution in [0.1, 0.15) is 38.7 Å². The second kappa shape index (κ2) is 6.18. The summed E-state index contributed by atoms with van der Waals surface area (Å²) in [4.78, 5) is 12.2. The molecule has 0 radical (unpaired) electrons. The summed E-state index contributed by atoms with van der Waals surface area (Å²) < 4.78 is 11.1. The lowest BCUT2D eigenvalue weighted by atomic mass is 9.90. The molecule has 0 aliphatic heterocycles. The number of hydrogen-bond donors (Lipinski definition) is 1. The minimum atomic E-state index is -0.780. The molecule has 0 heterocycles. The summed E-state index contributed by atoms with van der Waals surface area (Å²) in [6.07, 6.45) is 1.85. The fraction of sp³-hybridized carbons (Fsp3) is 0.562. The van der Waals surface area contributed by atoms with Crippen molar-refractivity contribution >= 4 is 17.7 Å². The molecule has 1 aromatic rings. The Bertz CT molecular complexity index is 510. The molecule has 21 heavy (non-hydrogen) atoms. The summed E-state index contributed by atoms with van der Waals surface area (Å²) >= 11 is 1.73. The van der Waals surface area contributed by atoms with Gasteiger partial charge in [-0.2, -0.15) is 0 Å². The van der Waals surface area contributed by atoms with E-state index in [4.69, 9.17) is 14.6 Å². The summed E-state index contributed by atoms with van der Waals surface area (Å²) in [7, 11) is 3.25. The molecular weight excluding hydrogens is 288 g/mol. The van der Waals surface area contributed by atoms with Gasteiger partial charge in [0.15, 0.2) is 0 Å². The van der Waals surface area contributed by atoms with Gasteiger partial charge >= 0.3 is 5.97 Å². The average molecular weight is 310 g/mol. The molecular formula is C16H22O4S. The van der Waals surface area contributed by atoms with Gasteiger partial charge in [-0.25, -0.2) is 0 Å². The Morgan fingerprint density at radius 1 is 1.29 bits per heavy atom. The molecule has 0 unspecified atom stereocenters. The summed E-state index contributed by atoms with van der Waals surface area (Å²) in [5.41, 5.74) is 0.576. The largest absolute Gasteiger partial charge is 0.496 e. The monoisotopic (exact) mass is 310 g/mol. The highest BCUT2D eigenvalue weighted by atomic mass is 32.2. The molecule has 1 saturated carbocycles. The second-order valence-corrected chi connectivity index (χ2v) is 7.37. The summed E-state index contributed by atoms with van der Waals surface area (Å²) in [6.45, 7) is 4.26. The molecule has 0 atom stereocenters. The van der Waals surface area contributed by atoms with Crippen LogP contribution in [0.2, 0.25) is 0 Å². The number of carboxylic acids is 1. The van der Waals surface area contributed by atoms with Crippen LogP contribution < -0.4 is 9.47 Å². The Kier molecular flexibility index (Phi) is 4.71. The van der Waals surface area contributed by atoms with Crippen LogP contribution in [0.25, 0.3) is 0 Å². The van der Waals surface area contributed by atoms with E-state index >= 15 is 0 Å². The molecule has 5 heteroatoms. The van der Waals surface area contributed by atoms with Gasteiger partial charge in [0.2, 0.25) is 0 Å². The molecule has 2 rings (SSSR count). The maximum Gasteiger partial charge on any atom is 0.304 e. The number of rotatable bonds is 7. The van der Waals surface area contributed by atoms with E-state index in [1.807, 2.05) is 12.1 Å². The third kappa shape index (κ3) is 3.46. The molecule has 0 aromatic heterocycles. The van der Waals surface area contributed by atoms with Crippen molar-refractivity contribution in [1.82, 2.24) is 0 Å². The topological polar surface area (TPSA) is 55.8 Å². The van der Waals surface area contributed by atoms with Gasteiger partial charge < -0.3 is 14.6 Å². The maximum absolute atomic E-state index is 11.2. The lowest BCUT2D eigenvalue weighted by Gasteiger charge is -2.21. The van der Waals surface area contributed by atoms with Gasteiger partial charge in [-0.15, -0.1) is 11.8 Å². The highest BCUT2D eigenvalue weighted by molar-refractivity contribution is 7.99. The summed E-state index contributed by atoms with van der Waals surface area (Å²) in [6, 6.07) is 3.98. The SMILES string of the molecule is COc1cc(SC(C)C)cc(OC)c1C1(CC(=O)O)CC1. The molecule has 1 aromatic carbocycles. The highest BCUT2D eigenvalue weighted by Crippen LogP contribution is 2.57. The van der Waals surface area contributed by atoms with Crippen molar-refractivity contribution in [2.75, 3.05) is 14.2 Å². The Balaban J connectivity index is 2.47. The minimum Gasteiger partial charge on any atom is -0.496 e. The molecule has 116 valence electrons. The van der Waals surface area contributed by atoms with Gasteiger partial charge in [-0.1, -0.05) is 13.8 Å². The van der Waals surface area contributed by atoms with Gasteiger partial charge in [0.1, 0.15) is 11.5 Å². The zero-order chi connectivity index (χ0) is 15.6. The molecule has 1 aliphatic carbocycles. The third-order valence-corrected chi connectivity index (χ3v) is 4.70. The van der Waals surface area contributed by atoms with E-state index in [-0.39, 0.29) is 11.8 Å². The van der Waals surface area contributed by atoms with Gasteiger partial charge in [0.05, 0.1) is 20.6 Å². The molecule has 0 bridgehead atoms. The van der Waals surface area contributed by atoms with Crippen molar-refractivity contribution in [3.05, 3.63) is 17.7 Å². The first-order valence-corrected chi connectivity index (χ1v) is 7.95. The molecule has 0 amide bonds. The van der Waals surface area contributed by atoms with E-state index in [0.29, 0.717) is 5.25 Å². The fourth-order valence-electron chi connectivity index (χ4n) is 2.71. The normalized spacial score (nSPS) is 15.9. The Labute approximate surface area is 129 Å². The average Bonchev–Trinajstić information content (AvgIpc) is 3.16. The van der Waals surface area contributed by atoms with Crippen LogP contribution in [0.15, 0.2) is 17.0 Å². The van der Waals surface area contributed by atoms with E-state index in [2.05, 4.69) is 13.8 Å². The van der Waals surface area contributed by atoms with Crippen molar-refractivity contribution in [1.29, 1.82) is 0 Å². The van der Waals surface area contributed by atoms with Crippen LogP contribution in [0.5, 0.6) is 11.5 Å². The van der Waals surface area contributed by atoms with Crippen LogP contribution in [0.4, 0.5) is 0 Å². The first-order valence-electron chi connectivity index (χ1n) is 7.07. The summed E-state index contributed by atoms with van der Waals surface area (Å²) in [5, 5.41) is 9.62. The number of ether oxygens (including phenoxy) is 2. The Morgan fingerprint density at radius 2 is 1.81 bits per heavy atom. The molecule has 1 N–H and O–H groups in total. The minimum absolute atomic E-state index is 0.121. The van der Waals surface area contributed by atoms with Crippen molar-refractivity contribution in [3.63, 3.8) is 0 Å². The van der Waals surface area contributed by atoms with Crippen molar-refractivity contribution in [2.45, 2.75) is 48.7 Å². The number of hydrogen-bond acceptors (Lipinski definition) is 4. The van der Waals surface area contributed by atoms with E-state index < -0.39 is 5.97 Å². The zero-order valence-corrected chi connectivity index (χ0v) is 13.8. The maximum atomic E-state index is 11.2. The number of methoxy groups -OCH3 is 2. The van der Waals surface area contributed by atoms with Gasteiger partial charge in [0.25, 0.3) is 0 Å². The molecule has 1 fully saturated rings. The van der Waals surface area contributed by atoms with Gasteiger partial charge in [0, 0.05) is 21.1 Å². The van der Waals surface area contributed by atoms with Crippen LogP contribution in [0, 0.1) is 0 Å². The number of carboxylic acid groups (broad SMARTS) is 1. The lowest BCUT2D eigenvalue weighted by Crippen LogP contribution is -2.15. The number of aliphatic carboxylic acids is 1. The quantitative estimate of drug-likeness (QED) is 0.778. The molecule has 4 nitrogen and oxygen atoms in total. The summed E-state index contributed by atoms with van der Waals surface area (Å²) in [5.74, 6) is 0.685. The predicted molar refractivity (Wildman–Crippen MR) is 83.7 cm³/mol. The zero-order valence-electron chi connectivity index (χ0n) is 12.9.